The Labute approximate surface area is 147 Å². The zero-order valence-corrected chi connectivity index (χ0v) is 15.1. The molecule has 0 aliphatic carbocycles. The molecule has 0 aliphatic rings. The maximum Gasteiger partial charge on any atom is 0.262 e. The van der Waals surface area contributed by atoms with E-state index in [9.17, 15) is 4.79 Å². The van der Waals surface area contributed by atoms with Gasteiger partial charge in [0.1, 0.15) is 0 Å². The number of carbonyl (C=O) groups is 1. The highest BCUT2D eigenvalue weighted by Crippen LogP contribution is 2.36. The standard InChI is InChI=1S/C16H14BrCl2NO2/c1-9-3-10(2)5-12(4-9)20-15(21)8-22-16-13(17)6-11(18)7-14(16)19/h3-7H,8H2,1-2H3,(H,20,21). The molecule has 0 unspecified atom stereocenters. The molecule has 116 valence electrons. The number of nitrogens with one attached hydrogen (secondary N) is 1. The summed E-state index contributed by atoms with van der Waals surface area (Å²) in [7, 11) is 0. The quantitative estimate of drug-likeness (QED) is 0.744. The third-order valence-corrected chi connectivity index (χ3v) is 3.90. The Bertz CT molecular complexity index is 676. The fraction of sp³-hybridized carbons (Fsp3) is 0.188. The molecule has 0 bridgehead atoms. The van der Waals surface area contributed by atoms with Gasteiger partial charge in [-0.25, -0.2) is 0 Å². The number of aryl methyl sites for hydroxylation is 2. The Morgan fingerprint density at radius 2 is 1.77 bits per heavy atom. The van der Waals surface area contributed by atoms with Crippen LogP contribution in [0, 0.1) is 13.8 Å². The molecule has 2 aromatic rings. The number of hydrogen-bond donors (Lipinski definition) is 1. The summed E-state index contributed by atoms with van der Waals surface area (Å²) in [6.07, 6.45) is 0. The highest BCUT2D eigenvalue weighted by molar-refractivity contribution is 9.10. The summed E-state index contributed by atoms with van der Waals surface area (Å²) in [6.45, 7) is 3.81. The fourth-order valence-corrected chi connectivity index (χ4v) is 3.42. The normalized spacial score (nSPS) is 10.4. The van der Waals surface area contributed by atoms with Gasteiger partial charge in [-0.15, -0.1) is 0 Å². The van der Waals surface area contributed by atoms with Crippen molar-refractivity contribution in [3.63, 3.8) is 0 Å². The number of benzene rings is 2. The molecule has 0 saturated heterocycles. The van der Waals surface area contributed by atoms with Crippen molar-refractivity contribution in [3.05, 3.63) is 56.0 Å². The maximum absolute atomic E-state index is 12.0. The minimum atomic E-state index is -0.261. The van der Waals surface area contributed by atoms with Gasteiger partial charge in [-0.05, 0) is 65.2 Å². The van der Waals surface area contributed by atoms with Crippen molar-refractivity contribution in [1.29, 1.82) is 0 Å². The largest absolute Gasteiger partial charge is 0.481 e. The number of halogens is 3. The predicted molar refractivity (Wildman–Crippen MR) is 94.2 cm³/mol. The van der Waals surface area contributed by atoms with Gasteiger partial charge >= 0.3 is 0 Å². The molecule has 22 heavy (non-hydrogen) atoms. The van der Waals surface area contributed by atoms with Crippen LogP contribution in [0.2, 0.25) is 10.0 Å². The molecule has 6 heteroatoms. The van der Waals surface area contributed by atoms with Gasteiger partial charge in [0, 0.05) is 10.7 Å². The molecule has 2 rings (SSSR count). The minimum Gasteiger partial charge on any atom is -0.481 e. The fourth-order valence-electron chi connectivity index (χ4n) is 2.05. The van der Waals surface area contributed by atoms with Crippen LogP contribution in [0.3, 0.4) is 0 Å². The van der Waals surface area contributed by atoms with Crippen LogP contribution < -0.4 is 10.1 Å². The average molecular weight is 403 g/mol. The molecule has 2 aromatic carbocycles. The van der Waals surface area contributed by atoms with E-state index in [0.29, 0.717) is 20.3 Å². The van der Waals surface area contributed by atoms with E-state index in [1.54, 1.807) is 12.1 Å². The maximum atomic E-state index is 12.0. The number of carbonyl (C=O) groups excluding carboxylic acids is 1. The van der Waals surface area contributed by atoms with Gasteiger partial charge in [0.25, 0.3) is 5.91 Å². The van der Waals surface area contributed by atoms with E-state index in [1.807, 2.05) is 32.0 Å². The van der Waals surface area contributed by atoms with Gasteiger partial charge in [-0.3, -0.25) is 4.79 Å². The van der Waals surface area contributed by atoms with Crippen LogP contribution in [0.4, 0.5) is 5.69 Å². The SMILES string of the molecule is Cc1cc(C)cc(NC(=O)COc2c(Cl)cc(Cl)cc2Br)c1. The van der Waals surface area contributed by atoms with Crippen molar-refractivity contribution in [1.82, 2.24) is 0 Å². The van der Waals surface area contributed by atoms with Gasteiger partial charge in [0.15, 0.2) is 12.4 Å². The number of anilines is 1. The van der Waals surface area contributed by atoms with Crippen LogP contribution in [0.1, 0.15) is 11.1 Å². The number of rotatable bonds is 4. The first-order chi connectivity index (χ1) is 10.3. The molecule has 0 aliphatic heterocycles. The van der Waals surface area contributed by atoms with Crippen LogP contribution >= 0.6 is 39.1 Å². The van der Waals surface area contributed by atoms with Gasteiger partial charge in [0.2, 0.25) is 0 Å². The summed E-state index contributed by atoms with van der Waals surface area (Å²) < 4.78 is 6.07. The molecular weight excluding hydrogens is 389 g/mol. The lowest BCUT2D eigenvalue weighted by Gasteiger charge is -2.11. The van der Waals surface area contributed by atoms with Crippen LogP contribution in [-0.4, -0.2) is 12.5 Å². The number of ether oxygens (including phenoxy) is 1. The van der Waals surface area contributed by atoms with E-state index in [-0.39, 0.29) is 12.5 Å². The van der Waals surface area contributed by atoms with Gasteiger partial charge in [-0.2, -0.15) is 0 Å². The molecule has 0 saturated carbocycles. The monoisotopic (exact) mass is 401 g/mol. The molecule has 0 spiro atoms. The summed E-state index contributed by atoms with van der Waals surface area (Å²) in [4.78, 5) is 12.0. The van der Waals surface area contributed by atoms with Crippen molar-refractivity contribution in [2.45, 2.75) is 13.8 Å². The summed E-state index contributed by atoms with van der Waals surface area (Å²) >= 11 is 15.2. The zero-order valence-electron chi connectivity index (χ0n) is 12.0. The second kappa shape index (κ2) is 7.36. The van der Waals surface area contributed by atoms with Gasteiger partial charge in [-0.1, -0.05) is 29.3 Å². The number of hydrogen-bond acceptors (Lipinski definition) is 2. The van der Waals surface area contributed by atoms with E-state index in [2.05, 4.69) is 21.2 Å². The Kier molecular flexibility index (Phi) is 5.73. The smallest absolute Gasteiger partial charge is 0.262 e. The van der Waals surface area contributed by atoms with Crippen molar-refractivity contribution in [2.75, 3.05) is 11.9 Å². The first-order valence-corrected chi connectivity index (χ1v) is 8.05. The first-order valence-electron chi connectivity index (χ1n) is 6.50. The second-order valence-corrected chi connectivity index (χ2v) is 6.61. The zero-order chi connectivity index (χ0) is 16.3. The van der Waals surface area contributed by atoms with E-state index in [1.165, 1.54) is 0 Å². The second-order valence-electron chi connectivity index (χ2n) is 4.91. The molecule has 0 heterocycles. The number of amides is 1. The minimum absolute atomic E-state index is 0.146. The first kappa shape index (κ1) is 17.1. The molecule has 0 aromatic heterocycles. The van der Waals surface area contributed by atoms with Crippen molar-refractivity contribution in [3.8, 4) is 5.75 Å². The predicted octanol–water partition coefficient (Wildman–Crippen LogP) is 5.39. The summed E-state index contributed by atoms with van der Waals surface area (Å²) in [5, 5.41) is 3.63. The van der Waals surface area contributed by atoms with E-state index in [4.69, 9.17) is 27.9 Å². The highest BCUT2D eigenvalue weighted by Gasteiger charge is 2.11. The van der Waals surface area contributed by atoms with E-state index >= 15 is 0 Å². The topological polar surface area (TPSA) is 38.3 Å². The average Bonchev–Trinajstić information content (AvgIpc) is 2.35. The third-order valence-electron chi connectivity index (χ3n) is 2.82. The van der Waals surface area contributed by atoms with Crippen LogP contribution in [0.5, 0.6) is 5.75 Å². The molecule has 1 N–H and O–H groups in total. The molecule has 0 atom stereocenters. The Morgan fingerprint density at radius 1 is 1.14 bits per heavy atom. The summed E-state index contributed by atoms with van der Waals surface area (Å²) in [6, 6.07) is 9.05. The van der Waals surface area contributed by atoms with Crippen molar-refractivity contribution in [2.24, 2.45) is 0 Å². The molecule has 1 amide bonds. The third kappa shape index (κ3) is 4.63. The lowest BCUT2D eigenvalue weighted by Crippen LogP contribution is -2.20. The lowest BCUT2D eigenvalue weighted by molar-refractivity contribution is -0.118. The van der Waals surface area contributed by atoms with Gasteiger partial charge < -0.3 is 10.1 Å². The van der Waals surface area contributed by atoms with Crippen molar-refractivity contribution < 1.29 is 9.53 Å². The molecule has 0 radical (unpaired) electrons. The Balaban J connectivity index is 2.01. The summed E-state index contributed by atoms with van der Waals surface area (Å²) in [5.74, 6) is 0.129. The molecule has 3 nitrogen and oxygen atoms in total. The Morgan fingerprint density at radius 3 is 2.36 bits per heavy atom. The lowest BCUT2D eigenvalue weighted by atomic mass is 10.1. The molecular formula is C16H14BrCl2NO2. The van der Waals surface area contributed by atoms with E-state index < -0.39 is 0 Å². The van der Waals surface area contributed by atoms with E-state index in [0.717, 1.165) is 16.8 Å². The van der Waals surface area contributed by atoms with Crippen LogP contribution in [0.25, 0.3) is 0 Å². The van der Waals surface area contributed by atoms with Crippen LogP contribution in [0.15, 0.2) is 34.8 Å². The summed E-state index contributed by atoms with van der Waals surface area (Å²) in [5.41, 5.74) is 2.91. The molecule has 0 fully saturated rings. The highest BCUT2D eigenvalue weighted by atomic mass is 79.9. The van der Waals surface area contributed by atoms with Crippen LogP contribution in [-0.2, 0) is 4.79 Å². The van der Waals surface area contributed by atoms with Gasteiger partial charge in [0.05, 0.1) is 9.50 Å². The van der Waals surface area contributed by atoms with Crippen molar-refractivity contribution >= 4 is 50.7 Å². The Hall–Kier alpha value is -1.23.